The number of likely N-dealkylation sites (N-methyl/N-ethyl adjacent to an activating group) is 1. The van der Waals surface area contributed by atoms with Crippen molar-refractivity contribution < 1.29 is 27.1 Å². The maximum absolute atomic E-state index is 17.0. The number of nitrogens with zero attached hydrogens (tertiary/aromatic N) is 6. The minimum Gasteiger partial charge on any atom is -0.459 e. The first-order valence-electron chi connectivity index (χ1n) is 16.3. The van der Waals surface area contributed by atoms with E-state index >= 15 is 4.39 Å². The summed E-state index contributed by atoms with van der Waals surface area (Å²) in [5, 5.41) is 10.4. The zero-order chi connectivity index (χ0) is 34.6. The first-order valence-corrected chi connectivity index (χ1v) is 17.4. The number of nitrogen functional groups attached to an aromatic ring is 1. The number of nitriles is 1. The number of aromatic nitrogens is 2. The van der Waals surface area contributed by atoms with Crippen LogP contribution in [0.4, 0.5) is 28.4 Å². The molecule has 9 nitrogen and oxygen atoms in total. The fourth-order valence-electron chi connectivity index (χ4n) is 8.00. The summed E-state index contributed by atoms with van der Waals surface area (Å²) in [6, 6.07) is 6.15. The second kappa shape index (κ2) is 11.3. The number of ether oxygens (including phenoxy) is 1. The average Bonchev–Trinajstić information content (AvgIpc) is 3.44. The molecule has 4 aromatic rings. The Morgan fingerprint density at radius 2 is 1.98 bits per heavy atom. The van der Waals surface area contributed by atoms with E-state index in [1.165, 1.54) is 12.1 Å². The van der Waals surface area contributed by atoms with Gasteiger partial charge in [-0.1, -0.05) is 17.7 Å². The van der Waals surface area contributed by atoms with Gasteiger partial charge in [-0.2, -0.15) is 15.2 Å². The minimum atomic E-state index is -2.96. The topological polar surface area (TPSA) is 112 Å². The van der Waals surface area contributed by atoms with E-state index in [-0.39, 0.29) is 65.9 Å². The number of alkyl halides is 2. The maximum Gasteiger partial charge on any atom is 0.319 e. The van der Waals surface area contributed by atoms with Crippen molar-refractivity contribution in [2.45, 2.75) is 62.6 Å². The number of rotatable bonds is 6. The van der Waals surface area contributed by atoms with Crippen LogP contribution in [0.15, 0.2) is 18.2 Å². The Bertz CT molecular complexity index is 2110. The highest BCUT2D eigenvalue weighted by Crippen LogP contribution is 2.53. The predicted octanol–water partition coefficient (Wildman–Crippen LogP) is 6.59. The molecule has 4 aliphatic rings. The molecular weight excluding hydrogens is 682 g/mol. The number of carbonyl (C=O) groups excluding carboxylic acids is 1. The van der Waals surface area contributed by atoms with E-state index < -0.39 is 41.3 Å². The largest absolute Gasteiger partial charge is 0.459 e. The number of likely N-dealkylation sites (tertiary alicyclic amines) is 2. The van der Waals surface area contributed by atoms with E-state index in [2.05, 4.69) is 9.88 Å². The van der Waals surface area contributed by atoms with Gasteiger partial charge < -0.3 is 20.3 Å². The lowest BCUT2D eigenvalue weighted by Gasteiger charge is -2.50. The van der Waals surface area contributed by atoms with Crippen LogP contribution in [-0.2, 0) is 4.79 Å². The molecular formula is C34H32ClF4N7O2S. The minimum absolute atomic E-state index is 0.0173. The smallest absolute Gasteiger partial charge is 0.319 e. The van der Waals surface area contributed by atoms with E-state index in [1.54, 1.807) is 11.0 Å². The number of carbonyl (C=O) groups is 1. The van der Waals surface area contributed by atoms with Crippen LogP contribution in [-0.4, -0.2) is 82.5 Å². The van der Waals surface area contributed by atoms with Gasteiger partial charge in [-0.25, -0.2) is 17.6 Å². The van der Waals surface area contributed by atoms with Crippen LogP contribution in [0, 0.1) is 28.9 Å². The summed E-state index contributed by atoms with van der Waals surface area (Å²) in [5.41, 5.74) is 5.47. The maximum atomic E-state index is 17.0. The highest BCUT2D eigenvalue weighted by molar-refractivity contribution is 7.23. The lowest BCUT2D eigenvalue weighted by Crippen LogP contribution is -2.64. The molecule has 8 rings (SSSR count). The fraction of sp³-hybridized carbons (Fsp3) is 0.471. The second-order valence-electron chi connectivity index (χ2n) is 13.7. The summed E-state index contributed by atoms with van der Waals surface area (Å²) in [6.07, 6.45) is 2.34. The van der Waals surface area contributed by atoms with Crippen molar-refractivity contribution in [1.82, 2.24) is 19.8 Å². The van der Waals surface area contributed by atoms with Crippen molar-refractivity contribution in [1.29, 1.82) is 5.26 Å². The van der Waals surface area contributed by atoms with Crippen molar-refractivity contribution in [3.05, 3.63) is 40.4 Å². The molecule has 2 N–H and O–H groups in total. The summed E-state index contributed by atoms with van der Waals surface area (Å²) in [4.78, 5) is 28.0. The molecule has 1 saturated carbocycles. The van der Waals surface area contributed by atoms with E-state index in [0.717, 1.165) is 30.7 Å². The summed E-state index contributed by atoms with van der Waals surface area (Å²) in [6.45, 7) is 3.97. The van der Waals surface area contributed by atoms with Crippen LogP contribution in [0.5, 0.6) is 6.01 Å². The number of thiophene rings is 1. The Morgan fingerprint density at radius 1 is 1.22 bits per heavy atom. The van der Waals surface area contributed by atoms with Crippen molar-refractivity contribution >= 4 is 60.7 Å². The van der Waals surface area contributed by atoms with Gasteiger partial charge in [-0.15, -0.1) is 11.3 Å². The zero-order valence-corrected chi connectivity index (χ0v) is 28.3. The summed E-state index contributed by atoms with van der Waals surface area (Å²) < 4.78 is 66.0. The average molecular weight is 714 g/mol. The Morgan fingerprint density at radius 3 is 2.63 bits per heavy atom. The number of benzene rings is 2. The molecule has 0 radical (unpaired) electrons. The van der Waals surface area contributed by atoms with Gasteiger partial charge >= 0.3 is 6.01 Å². The van der Waals surface area contributed by atoms with Gasteiger partial charge in [0.05, 0.1) is 20.8 Å². The SMILES string of the molecule is C[C@H](Oc1nc(N2CCC3(CCN3C(=O)C3CC3(F)F)C2)c2cc(Cl)c(-c3ccc(F)c4sc(N)c(C#N)c34)c(F)c2n1)C1CCCN1C. The molecule has 3 unspecified atom stereocenters. The molecule has 2 aromatic carbocycles. The molecule has 1 aliphatic carbocycles. The standard InChI is InChI=1S/C34H32ClF4N7O2S/c1-16(23-4-3-9-44(23)2)48-32-42-27-18(30(43-32)45-10-7-33(15-45)8-11-46(33)31(47)20-13-34(20,38)39)12-21(35)25(26(27)37)17-5-6-22(36)28-24(17)19(14-40)29(41)49-28/h5-6,12,16,20,23H,3-4,7-11,13,15,41H2,1-2H3/t16-,20?,23?,33?/m0/s1. The third-order valence-electron chi connectivity index (χ3n) is 10.8. The van der Waals surface area contributed by atoms with Gasteiger partial charge in [0.25, 0.3) is 5.92 Å². The Labute approximate surface area is 288 Å². The number of halogens is 5. The first-order chi connectivity index (χ1) is 23.3. The van der Waals surface area contributed by atoms with Gasteiger partial charge in [-0.3, -0.25) is 9.69 Å². The fourth-order valence-corrected chi connectivity index (χ4v) is 9.24. The first kappa shape index (κ1) is 32.3. The van der Waals surface area contributed by atoms with Gasteiger partial charge in [0.2, 0.25) is 5.91 Å². The Kier molecular flexibility index (Phi) is 7.44. The molecule has 0 bridgehead atoms. The molecule has 49 heavy (non-hydrogen) atoms. The van der Waals surface area contributed by atoms with Crippen molar-refractivity contribution in [3.8, 4) is 23.2 Å². The van der Waals surface area contributed by atoms with E-state index in [4.69, 9.17) is 27.1 Å². The molecule has 15 heteroatoms. The molecule has 1 amide bonds. The van der Waals surface area contributed by atoms with Crippen molar-refractivity contribution in [2.24, 2.45) is 5.92 Å². The highest BCUT2D eigenvalue weighted by Gasteiger charge is 2.65. The molecule has 256 valence electrons. The Hall–Kier alpha value is -3.93. The van der Waals surface area contributed by atoms with Crippen molar-refractivity contribution in [2.75, 3.05) is 43.9 Å². The number of hydrogen-bond acceptors (Lipinski definition) is 9. The molecule has 2 aromatic heterocycles. The molecule has 5 heterocycles. The summed E-state index contributed by atoms with van der Waals surface area (Å²) in [7, 11) is 2.02. The molecule has 3 aliphatic heterocycles. The number of anilines is 2. The predicted molar refractivity (Wildman–Crippen MR) is 179 cm³/mol. The zero-order valence-electron chi connectivity index (χ0n) is 26.7. The monoisotopic (exact) mass is 713 g/mol. The summed E-state index contributed by atoms with van der Waals surface area (Å²) >= 11 is 7.74. The second-order valence-corrected chi connectivity index (χ2v) is 15.2. The van der Waals surface area contributed by atoms with E-state index in [1.807, 2.05) is 24.9 Å². The van der Waals surface area contributed by atoms with Gasteiger partial charge in [0, 0.05) is 48.4 Å². The van der Waals surface area contributed by atoms with Crippen LogP contribution in [0.1, 0.15) is 44.6 Å². The van der Waals surface area contributed by atoms with Crippen LogP contribution >= 0.6 is 22.9 Å². The summed E-state index contributed by atoms with van der Waals surface area (Å²) in [5.74, 6) is -5.84. The lowest BCUT2D eigenvalue weighted by molar-refractivity contribution is -0.149. The van der Waals surface area contributed by atoms with Crippen LogP contribution in [0.2, 0.25) is 5.02 Å². The molecule has 4 fully saturated rings. The molecule has 4 atom stereocenters. The molecule has 3 saturated heterocycles. The van der Waals surface area contributed by atoms with Crippen LogP contribution in [0.3, 0.4) is 0 Å². The number of fused-ring (bicyclic) bond motifs is 2. The number of nitrogens with two attached hydrogens (primary N) is 1. The van der Waals surface area contributed by atoms with E-state index in [9.17, 15) is 23.2 Å². The van der Waals surface area contributed by atoms with Gasteiger partial charge in [0.15, 0.2) is 5.82 Å². The highest BCUT2D eigenvalue weighted by atomic mass is 35.5. The number of amides is 1. The lowest BCUT2D eigenvalue weighted by atomic mass is 9.83. The quantitative estimate of drug-likeness (QED) is 0.223. The normalized spacial score (nSPS) is 25.3. The van der Waals surface area contributed by atoms with Gasteiger partial charge in [0.1, 0.15) is 40.2 Å². The van der Waals surface area contributed by atoms with Crippen LogP contribution in [0.25, 0.3) is 32.1 Å². The molecule has 1 spiro atoms. The Balaban J connectivity index is 1.24. The van der Waals surface area contributed by atoms with Gasteiger partial charge in [-0.05, 0) is 63.9 Å². The third-order valence-corrected chi connectivity index (χ3v) is 12.2. The number of hydrogen-bond donors (Lipinski definition) is 1. The van der Waals surface area contributed by atoms with Crippen LogP contribution < -0.4 is 15.4 Å². The third kappa shape index (κ3) is 4.99. The van der Waals surface area contributed by atoms with E-state index in [0.29, 0.717) is 38.3 Å². The van der Waals surface area contributed by atoms with Crippen molar-refractivity contribution in [3.63, 3.8) is 0 Å².